The fraction of sp³-hybridized carbons (Fsp3) is 0.562. The first-order valence-electron chi connectivity index (χ1n) is 8.03. The Kier molecular flexibility index (Phi) is 3.90. The van der Waals surface area contributed by atoms with E-state index in [1.807, 2.05) is 29.3 Å². The fourth-order valence-electron chi connectivity index (χ4n) is 3.50. The van der Waals surface area contributed by atoms with Gasteiger partial charge in [0, 0.05) is 18.0 Å². The molecule has 0 spiro atoms. The Labute approximate surface area is 138 Å². The van der Waals surface area contributed by atoms with E-state index < -0.39 is 0 Å². The van der Waals surface area contributed by atoms with Crippen molar-refractivity contribution in [1.82, 2.24) is 20.1 Å². The molecule has 2 aromatic heterocycles. The molecule has 0 radical (unpaired) electrons. The van der Waals surface area contributed by atoms with Gasteiger partial charge in [-0.05, 0) is 37.1 Å². The molecular formula is C16H20N4O2S. The van der Waals surface area contributed by atoms with Gasteiger partial charge in [0.15, 0.2) is 5.82 Å². The van der Waals surface area contributed by atoms with Gasteiger partial charge in [0.25, 0.3) is 0 Å². The van der Waals surface area contributed by atoms with E-state index in [0.29, 0.717) is 18.9 Å². The molecule has 4 heterocycles. The predicted octanol–water partition coefficient (Wildman–Crippen LogP) is 2.10. The number of piperidine rings is 1. The first-order chi connectivity index (χ1) is 11.2. The van der Waals surface area contributed by atoms with Crippen LogP contribution in [0.5, 0.6) is 0 Å². The Morgan fingerprint density at radius 2 is 2.48 bits per heavy atom. The number of nitrogens with one attached hydrogen (secondary N) is 1. The molecule has 0 bridgehead atoms. The first-order valence-corrected chi connectivity index (χ1v) is 8.91. The number of fused-ring (bicyclic) bond motifs is 1. The molecule has 2 saturated heterocycles. The number of hydrogen-bond donors (Lipinski definition) is 1. The molecular weight excluding hydrogens is 312 g/mol. The van der Waals surface area contributed by atoms with Crippen LogP contribution < -0.4 is 0 Å². The predicted molar refractivity (Wildman–Crippen MR) is 86.1 cm³/mol. The smallest absolute Gasteiger partial charge is 0.227 e. The number of amides is 1. The summed E-state index contributed by atoms with van der Waals surface area (Å²) < 4.78 is 6.14. The molecule has 0 aliphatic carbocycles. The van der Waals surface area contributed by atoms with Crippen LogP contribution >= 0.6 is 11.3 Å². The van der Waals surface area contributed by atoms with Crippen LogP contribution in [-0.2, 0) is 16.0 Å². The lowest BCUT2D eigenvalue weighted by molar-refractivity contribution is -0.134. The lowest BCUT2D eigenvalue weighted by Crippen LogP contribution is -2.45. The zero-order valence-electron chi connectivity index (χ0n) is 13.1. The van der Waals surface area contributed by atoms with Gasteiger partial charge in [-0.15, -0.1) is 11.3 Å². The molecule has 0 unspecified atom stereocenters. The SMILES string of the molecule is Cc1nc([C@H]2C[C@@H]3CCN(C(=O)Cc4cccs4)C[C@H]3O2)n[nH]1. The van der Waals surface area contributed by atoms with Crippen LogP contribution in [0, 0.1) is 12.8 Å². The molecule has 0 aromatic carbocycles. The lowest BCUT2D eigenvalue weighted by Gasteiger charge is -2.34. The standard InChI is InChI=1S/C16H20N4O2S/c1-10-17-16(19-18-10)13-7-11-4-5-20(9-14(11)22-13)15(21)8-12-3-2-6-23-12/h2-3,6,11,13-14H,4-5,7-9H2,1H3,(H,17,18,19)/t11-,13+,14+/m0/s1. The number of likely N-dealkylation sites (tertiary alicyclic amines) is 1. The number of carbonyl (C=O) groups excluding carboxylic acids is 1. The third-order valence-corrected chi connectivity index (χ3v) is 5.59. The summed E-state index contributed by atoms with van der Waals surface area (Å²) in [5, 5.41) is 9.11. The average molecular weight is 332 g/mol. The van der Waals surface area contributed by atoms with Gasteiger partial charge >= 0.3 is 0 Å². The van der Waals surface area contributed by atoms with E-state index in [4.69, 9.17) is 4.74 Å². The summed E-state index contributed by atoms with van der Waals surface area (Å²) in [6.45, 7) is 3.41. The molecule has 2 fully saturated rings. The Morgan fingerprint density at radius 3 is 3.22 bits per heavy atom. The molecule has 2 aliphatic heterocycles. The molecule has 3 atom stereocenters. The molecule has 6 nitrogen and oxygen atoms in total. The number of aromatic nitrogens is 3. The summed E-state index contributed by atoms with van der Waals surface area (Å²) in [5.74, 6) is 2.26. The summed E-state index contributed by atoms with van der Waals surface area (Å²) >= 11 is 1.64. The van der Waals surface area contributed by atoms with Crippen LogP contribution in [-0.4, -0.2) is 45.2 Å². The van der Waals surface area contributed by atoms with Crippen LogP contribution in [0.2, 0.25) is 0 Å². The second kappa shape index (κ2) is 6.05. The Hall–Kier alpha value is -1.73. The molecule has 122 valence electrons. The number of aromatic amines is 1. The van der Waals surface area contributed by atoms with Crippen molar-refractivity contribution in [3.63, 3.8) is 0 Å². The number of ether oxygens (including phenoxy) is 1. The first kappa shape index (κ1) is 14.8. The fourth-order valence-corrected chi connectivity index (χ4v) is 4.20. The van der Waals surface area contributed by atoms with Crippen molar-refractivity contribution in [2.75, 3.05) is 13.1 Å². The van der Waals surface area contributed by atoms with Gasteiger partial charge in [-0.1, -0.05) is 6.07 Å². The highest BCUT2D eigenvalue weighted by molar-refractivity contribution is 7.10. The van der Waals surface area contributed by atoms with Gasteiger partial charge in [0.1, 0.15) is 11.9 Å². The highest BCUT2D eigenvalue weighted by Crippen LogP contribution is 2.39. The highest BCUT2D eigenvalue weighted by Gasteiger charge is 2.41. The lowest BCUT2D eigenvalue weighted by atomic mass is 9.91. The maximum Gasteiger partial charge on any atom is 0.227 e. The average Bonchev–Trinajstić information content (AvgIpc) is 3.25. The van der Waals surface area contributed by atoms with Gasteiger partial charge in [0.2, 0.25) is 5.91 Å². The van der Waals surface area contributed by atoms with Crippen LogP contribution in [0.25, 0.3) is 0 Å². The van der Waals surface area contributed by atoms with Crippen molar-refractivity contribution in [3.05, 3.63) is 34.0 Å². The number of H-pyrrole nitrogens is 1. The maximum atomic E-state index is 12.5. The van der Waals surface area contributed by atoms with E-state index >= 15 is 0 Å². The van der Waals surface area contributed by atoms with Gasteiger partial charge < -0.3 is 9.64 Å². The van der Waals surface area contributed by atoms with Crippen molar-refractivity contribution >= 4 is 17.2 Å². The van der Waals surface area contributed by atoms with Crippen molar-refractivity contribution in [3.8, 4) is 0 Å². The van der Waals surface area contributed by atoms with E-state index in [1.165, 1.54) is 0 Å². The summed E-state index contributed by atoms with van der Waals surface area (Å²) in [7, 11) is 0. The zero-order valence-corrected chi connectivity index (χ0v) is 13.9. The summed E-state index contributed by atoms with van der Waals surface area (Å²) in [5.41, 5.74) is 0. The minimum atomic E-state index is -0.0395. The third kappa shape index (κ3) is 3.03. The largest absolute Gasteiger partial charge is 0.365 e. The van der Waals surface area contributed by atoms with Crippen molar-refractivity contribution < 1.29 is 9.53 Å². The van der Waals surface area contributed by atoms with Crippen molar-refractivity contribution in [2.24, 2.45) is 5.92 Å². The second-order valence-electron chi connectivity index (χ2n) is 6.32. The number of aryl methyl sites for hydroxylation is 1. The molecule has 1 N–H and O–H groups in total. The van der Waals surface area contributed by atoms with E-state index in [9.17, 15) is 4.79 Å². The topological polar surface area (TPSA) is 71.1 Å². The number of thiophene rings is 1. The highest BCUT2D eigenvalue weighted by atomic mass is 32.1. The quantitative estimate of drug-likeness (QED) is 0.934. The van der Waals surface area contributed by atoms with Gasteiger partial charge in [-0.2, -0.15) is 5.10 Å². The molecule has 2 aromatic rings. The maximum absolute atomic E-state index is 12.5. The van der Waals surface area contributed by atoms with Gasteiger partial charge in [-0.3, -0.25) is 9.89 Å². The zero-order chi connectivity index (χ0) is 15.8. The molecule has 7 heteroatoms. The van der Waals surface area contributed by atoms with Crippen LogP contribution in [0.3, 0.4) is 0 Å². The number of hydrogen-bond acceptors (Lipinski definition) is 5. The van der Waals surface area contributed by atoms with E-state index in [2.05, 4.69) is 15.2 Å². The Morgan fingerprint density at radius 1 is 1.57 bits per heavy atom. The summed E-state index contributed by atoms with van der Waals surface area (Å²) in [4.78, 5) is 19.9. The van der Waals surface area contributed by atoms with E-state index in [1.54, 1.807) is 11.3 Å². The normalized spacial score (nSPS) is 27.2. The van der Waals surface area contributed by atoms with Crippen molar-refractivity contribution in [2.45, 2.75) is 38.4 Å². The minimum absolute atomic E-state index is 0.0395. The summed E-state index contributed by atoms with van der Waals surface area (Å²) in [6.07, 6.45) is 2.52. The molecule has 2 aliphatic rings. The Bertz CT molecular complexity index is 684. The molecule has 0 saturated carbocycles. The number of rotatable bonds is 3. The number of carbonyl (C=O) groups is 1. The van der Waals surface area contributed by atoms with Crippen molar-refractivity contribution in [1.29, 1.82) is 0 Å². The van der Waals surface area contributed by atoms with Crippen LogP contribution in [0.4, 0.5) is 0 Å². The van der Waals surface area contributed by atoms with E-state index in [0.717, 1.165) is 35.9 Å². The number of nitrogens with zero attached hydrogens (tertiary/aromatic N) is 3. The monoisotopic (exact) mass is 332 g/mol. The molecule has 1 amide bonds. The second-order valence-corrected chi connectivity index (χ2v) is 7.35. The van der Waals surface area contributed by atoms with E-state index in [-0.39, 0.29) is 18.1 Å². The summed E-state index contributed by atoms with van der Waals surface area (Å²) in [6, 6.07) is 4.01. The van der Waals surface area contributed by atoms with Crippen LogP contribution in [0.15, 0.2) is 17.5 Å². The van der Waals surface area contributed by atoms with Crippen LogP contribution in [0.1, 0.15) is 35.5 Å². The Balaban J connectivity index is 1.38. The molecule has 4 rings (SSSR count). The van der Waals surface area contributed by atoms with Gasteiger partial charge in [-0.25, -0.2) is 4.98 Å². The minimum Gasteiger partial charge on any atom is -0.365 e. The third-order valence-electron chi connectivity index (χ3n) is 4.71. The molecule has 23 heavy (non-hydrogen) atoms. The van der Waals surface area contributed by atoms with Gasteiger partial charge in [0.05, 0.1) is 12.5 Å².